The molecule has 2 aromatic carbocycles. The first-order valence-corrected chi connectivity index (χ1v) is 9.98. The van der Waals surface area contributed by atoms with Crippen LogP contribution in [-0.2, 0) is 16.4 Å². The summed E-state index contributed by atoms with van der Waals surface area (Å²) in [5.74, 6) is 1.42. The summed E-state index contributed by atoms with van der Waals surface area (Å²) in [6, 6.07) is 12.4. The average molecular weight is 333 g/mol. The summed E-state index contributed by atoms with van der Waals surface area (Å²) < 4.78 is 29.1. The molecule has 0 bridgehead atoms. The summed E-state index contributed by atoms with van der Waals surface area (Å²) in [4.78, 5) is 0. The summed E-state index contributed by atoms with van der Waals surface area (Å²) >= 11 is 0. The minimum atomic E-state index is -2.86. The van der Waals surface area contributed by atoms with Gasteiger partial charge in [0.15, 0.2) is 9.84 Å². The molecular weight excluding hydrogens is 310 g/mol. The number of fused-ring (bicyclic) bond motifs is 1. The Balaban J connectivity index is 1.84. The van der Waals surface area contributed by atoms with Gasteiger partial charge in [-0.05, 0) is 29.7 Å². The zero-order chi connectivity index (χ0) is 16.3. The lowest BCUT2D eigenvalue weighted by Gasteiger charge is -2.17. The molecule has 1 N–H and O–H groups in total. The molecule has 5 heteroatoms. The van der Waals surface area contributed by atoms with Crippen LogP contribution in [0.3, 0.4) is 0 Å². The first-order valence-electron chi connectivity index (χ1n) is 8.16. The fourth-order valence-electron chi connectivity index (χ4n) is 3.05. The van der Waals surface area contributed by atoms with E-state index in [0.717, 1.165) is 23.1 Å². The molecule has 3 rings (SSSR count). The summed E-state index contributed by atoms with van der Waals surface area (Å²) in [6.45, 7) is 3.39. The van der Waals surface area contributed by atoms with Crippen LogP contribution in [0.5, 0.6) is 5.75 Å². The third-order valence-electron chi connectivity index (χ3n) is 4.26. The van der Waals surface area contributed by atoms with E-state index in [2.05, 4.69) is 30.4 Å². The summed E-state index contributed by atoms with van der Waals surface area (Å²) in [7, 11) is -2.86. The largest absolute Gasteiger partial charge is 0.493 e. The molecule has 0 radical (unpaired) electrons. The highest BCUT2D eigenvalue weighted by Crippen LogP contribution is 2.28. The van der Waals surface area contributed by atoms with E-state index in [0.29, 0.717) is 25.3 Å². The van der Waals surface area contributed by atoms with E-state index < -0.39 is 9.84 Å². The Labute approximate surface area is 137 Å². The molecule has 2 aromatic rings. The SMILES string of the molecule is CCCOc1ccc2ccccc2c1CN[C@@H]1CCS(=O)(=O)C1. The summed E-state index contributed by atoms with van der Waals surface area (Å²) in [6.07, 6.45) is 1.65. The minimum Gasteiger partial charge on any atom is -0.493 e. The van der Waals surface area contributed by atoms with Crippen molar-refractivity contribution in [1.82, 2.24) is 5.32 Å². The first-order chi connectivity index (χ1) is 11.1. The number of hydrogen-bond donors (Lipinski definition) is 1. The van der Waals surface area contributed by atoms with Gasteiger partial charge in [-0.1, -0.05) is 37.3 Å². The average Bonchev–Trinajstić information content (AvgIpc) is 2.90. The molecule has 1 saturated heterocycles. The zero-order valence-electron chi connectivity index (χ0n) is 13.4. The molecule has 4 nitrogen and oxygen atoms in total. The van der Waals surface area contributed by atoms with Gasteiger partial charge in [0.25, 0.3) is 0 Å². The highest BCUT2D eigenvalue weighted by Gasteiger charge is 2.27. The third kappa shape index (κ3) is 3.85. The van der Waals surface area contributed by atoms with Crippen LogP contribution >= 0.6 is 0 Å². The highest BCUT2D eigenvalue weighted by atomic mass is 32.2. The summed E-state index contributed by atoms with van der Waals surface area (Å²) in [5, 5.41) is 5.74. The lowest BCUT2D eigenvalue weighted by atomic mass is 10.0. The van der Waals surface area contributed by atoms with Crippen molar-refractivity contribution >= 4 is 20.6 Å². The Morgan fingerprint density at radius 3 is 2.78 bits per heavy atom. The van der Waals surface area contributed by atoms with Crippen molar-refractivity contribution in [3.05, 3.63) is 42.0 Å². The van der Waals surface area contributed by atoms with Gasteiger partial charge in [0.2, 0.25) is 0 Å². The maximum Gasteiger partial charge on any atom is 0.151 e. The van der Waals surface area contributed by atoms with Crippen LogP contribution in [0.15, 0.2) is 36.4 Å². The van der Waals surface area contributed by atoms with Crippen molar-refractivity contribution < 1.29 is 13.2 Å². The van der Waals surface area contributed by atoms with Gasteiger partial charge in [0.1, 0.15) is 5.75 Å². The quantitative estimate of drug-likeness (QED) is 0.883. The van der Waals surface area contributed by atoms with Crippen LogP contribution in [0.2, 0.25) is 0 Å². The molecule has 1 fully saturated rings. The van der Waals surface area contributed by atoms with Crippen molar-refractivity contribution in [3.8, 4) is 5.75 Å². The molecule has 0 amide bonds. The van der Waals surface area contributed by atoms with Gasteiger partial charge < -0.3 is 10.1 Å². The number of rotatable bonds is 6. The van der Waals surface area contributed by atoms with Crippen molar-refractivity contribution in [3.63, 3.8) is 0 Å². The van der Waals surface area contributed by atoms with Crippen LogP contribution in [0.4, 0.5) is 0 Å². The van der Waals surface area contributed by atoms with Crippen molar-refractivity contribution in [2.45, 2.75) is 32.4 Å². The van der Waals surface area contributed by atoms with E-state index >= 15 is 0 Å². The van der Waals surface area contributed by atoms with E-state index in [4.69, 9.17) is 4.74 Å². The third-order valence-corrected chi connectivity index (χ3v) is 6.03. The van der Waals surface area contributed by atoms with Gasteiger partial charge in [-0.15, -0.1) is 0 Å². The van der Waals surface area contributed by atoms with Gasteiger partial charge in [0, 0.05) is 18.2 Å². The van der Waals surface area contributed by atoms with Gasteiger partial charge in [-0.25, -0.2) is 8.42 Å². The van der Waals surface area contributed by atoms with E-state index in [1.54, 1.807) is 0 Å². The Hall–Kier alpha value is -1.59. The number of ether oxygens (including phenoxy) is 1. The molecule has 1 atom stereocenters. The fraction of sp³-hybridized carbons (Fsp3) is 0.444. The van der Waals surface area contributed by atoms with Crippen LogP contribution in [-0.4, -0.2) is 32.6 Å². The Kier molecular flexibility index (Phi) is 4.87. The van der Waals surface area contributed by atoms with E-state index in [-0.39, 0.29) is 11.8 Å². The molecule has 0 aromatic heterocycles. The van der Waals surface area contributed by atoms with E-state index in [1.807, 2.05) is 18.2 Å². The second kappa shape index (κ2) is 6.89. The predicted octanol–water partition coefficient (Wildman–Crippen LogP) is 2.91. The second-order valence-electron chi connectivity index (χ2n) is 6.09. The van der Waals surface area contributed by atoms with Gasteiger partial charge in [-0.2, -0.15) is 0 Å². The number of benzene rings is 2. The van der Waals surface area contributed by atoms with Gasteiger partial charge in [-0.3, -0.25) is 0 Å². The van der Waals surface area contributed by atoms with Crippen molar-refractivity contribution in [2.24, 2.45) is 0 Å². The molecule has 1 aliphatic heterocycles. The molecule has 124 valence electrons. The van der Waals surface area contributed by atoms with Crippen molar-refractivity contribution in [1.29, 1.82) is 0 Å². The first kappa shape index (κ1) is 16.3. The zero-order valence-corrected chi connectivity index (χ0v) is 14.2. The Morgan fingerprint density at radius 2 is 2.04 bits per heavy atom. The topological polar surface area (TPSA) is 55.4 Å². The van der Waals surface area contributed by atoms with Crippen molar-refractivity contribution in [2.75, 3.05) is 18.1 Å². The molecule has 23 heavy (non-hydrogen) atoms. The maximum absolute atomic E-state index is 11.6. The highest BCUT2D eigenvalue weighted by molar-refractivity contribution is 7.91. The van der Waals surface area contributed by atoms with Crippen LogP contribution in [0.25, 0.3) is 10.8 Å². The maximum atomic E-state index is 11.6. The molecular formula is C18H23NO3S. The Bertz CT molecular complexity index is 786. The second-order valence-corrected chi connectivity index (χ2v) is 8.32. The molecule has 0 unspecified atom stereocenters. The van der Waals surface area contributed by atoms with Crippen LogP contribution in [0.1, 0.15) is 25.3 Å². The fourth-order valence-corrected chi connectivity index (χ4v) is 4.76. The molecule has 0 aliphatic carbocycles. The van der Waals surface area contributed by atoms with Gasteiger partial charge >= 0.3 is 0 Å². The molecule has 0 saturated carbocycles. The van der Waals surface area contributed by atoms with Crippen LogP contribution in [0, 0.1) is 0 Å². The number of hydrogen-bond acceptors (Lipinski definition) is 4. The lowest BCUT2D eigenvalue weighted by Crippen LogP contribution is -2.29. The van der Waals surface area contributed by atoms with Gasteiger partial charge in [0.05, 0.1) is 18.1 Å². The number of nitrogens with one attached hydrogen (secondary N) is 1. The minimum absolute atomic E-state index is 0.0398. The summed E-state index contributed by atoms with van der Waals surface area (Å²) in [5.41, 5.74) is 1.11. The van der Waals surface area contributed by atoms with E-state index in [9.17, 15) is 8.42 Å². The predicted molar refractivity (Wildman–Crippen MR) is 93.6 cm³/mol. The monoisotopic (exact) mass is 333 g/mol. The Morgan fingerprint density at radius 1 is 1.22 bits per heavy atom. The molecule has 0 spiro atoms. The standard InChI is InChI=1S/C18H23NO3S/c1-2-10-22-18-8-7-14-5-3-4-6-16(14)17(18)12-19-15-9-11-23(20,21)13-15/h3-8,15,19H,2,9-13H2,1H3/t15-/m1/s1. The van der Waals surface area contributed by atoms with E-state index in [1.165, 1.54) is 5.39 Å². The molecule has 1 heterocycles. The molecule has 1 aliphatic rings. The number of sulfone groups is 1. The normalized spacial score (nSPS) is 20.0. The lowest BCUT2D eigenvalue weighted by molar-refractivity contribution is 0.313. The smallest absolute Gasteiger partial charge is 0.151 e. The van der Waals surface area contributed by atoms with Crippen LogP contribution < -0.4 is 10.1 Å².